The number of rotatable bonds is 18. The Morgan fingerprint density at radius 2 is 1.09 bits per heavy atom. The van der Waals surface area contributed by atoms with Crippen LogP contribution in [0.1, 0.15) is 142 Å². The van der Waals surface area contributed by atoms with Crippen LogP contribution in [-0.4, -0.2) is 63.5 Å². The fourth-order valence-corrected chi connectivity index (χ4v) is 6.47. The molecule has 0 aromatic heterocycles. The van der Waals surface area contributed by atoms with Crippen molar-refractivity contribution >= 4 is 67.1 Å². The third kappa shape index (κ3) is 41.9. The molecule has 1 N–H and O–H groups in total. The van der Waals surface area contributed by atoms with Crippen LogP contribution in [0.4, 0.5) is 0 Å². The summed E-state index contributed by atoms with van der Waals surface area (Å²) in [6.07, 6.45) is 15.1. The van der Waals surface area contributed by atoms with Gasteiger partial charge in [-0.2, -0.15) is 12.6 Å². The zero-order valence-corrected chi connectivity index (χ0v) is 36.4. The van der Waals surface area contributed by atoms with Gasteiger partial charge in [0.05, 0.1) is 6.61 Å². The molecule has 11 heteroatoms. The van der Waals surface area contributed by atoms with E-state index in [1.807, 2.05) is 13.8 Å². The molecule has 0 aromatic rings. The minimum absolute atomic E-state index is 0. The van der Waals surface area contributed by atoms with Gasteiger partial charge in [-0.3, -0.25) is 14.4 Å². The van der Waals surface area contributed by atoms with Crippen molar-refractivity contribution in [3.8, 4) is 0 Å². The van der Waals surface area contributed by atoms with Gasteiger partial charge in [-0.25, -0.2) is 0 Å². The number of hydrogen-bond acceptors (Lipinski definition) is 9. The monoisotopic (exact) mass is 723 g/mol. The van der Waals surface area contributed by atoms with Crippen molar-refractivity contribution in [1.29, 1.82) is 0 Å². The molecule has 3 atom stereocenters. The number of carbonyl (C=O) groups excluding carboxylic acids is 4. The Hall–Kier alpha value is -0.225. The number of hydrogen-bond donors (Lipinski definition) is 2. The average molecular weight is 724 g/mol. The molecule has 0 heterocycles. The van der Waals surface area contributed by atoms with Gasteiger partial charge in [-0.1, -0.05) is 65.4 Å². The molecule has 0 saturated heterocycles. The number of thioether (sulfide) groups is 2. The van der Waals surface area contributed by atoms with Gasteiger partial charge in [0.1, 0.15) is 6.29 Å². The van der Waals surface area contributed by atoms with Gasteiger partial charge in [0, 0.05) is 56.5 Å². The van der Waals surface area contributed by atoms with Crippen molar-refractivity contribution < 1.29 is 60.0 Å². The van der Waals surface area contributed by atoms with Gasteiger partial charge >= 0.3 is 35.5 Å². The molecule has 0 bridgehead atoms. The second-order valence-electron chi connectivity index (χ2n) is 13.0. The summed E-state index contributed by atoms with van der Waals surface area (Å²) in [5, 5.41) is 9.19. The molecule has 267 valence electrons. The largest absolute Gasteiger partial charge is 1.00 e. The smallest absolute Gasteiger partial charge is 1.00 e. The zero-order valence-electron chi connectivity index (χ0n) is 32.9. The van der Waals surface area contributed by atoms with E-state index < -0.39 is 0 Å². The Labute approximate surface area is 328 Å². The molecule has 0 saturated carbocycles. The van der Waals surface area contributed by atoms with Crippen LogP contribution >= 0.6 is 36.2 Å². The topological polar surface area (TPSA) is 97.7 Å². The maximum Gasteiger partial charge on any atom is 1.00 e. The molecule has 6 nitrogen and oxygen atoms in total. The van der Waals surface area contributed by atoms with Crippen LogP contribution in [0.3, 0.4) is 0 Å². The van der Waals surface area contributed by atoms with E-state index in [1.165, 1.54) is 47.2 Å². The summed E-state index contributed by atoms with van der Waals surface area (Å²) in [4.78, 5) is 43.3. The molecule has 3 unspecified atom stereocenters. The Kier molecular flexibility index (Phi) is 37.9. The van der Waals surface area contributed by atoms with Crippen LogP contribution in [0.25, 0.3) is 0 Å². The summed E-state index contributed by atoms with van der Waals surface area (Å²) in [6, 6.07) is 0. The maximum absolute atomic E-state index is 11.1. The van der Waals surface area contributed by atoms with Crippen LogP contribution in [0.15, 0.2) is 34.9 Å². The average Bonchev–Trinajstić information content (AvgIpc) is 2.82. The first kappa shape index (κ1) is 56.2. The van der Waals surface area contributed by atoms with E-state index in [2.05, 4.69) is 79.3 Å². The summed E-state index contributed by atoms with van der Waals surface area (Å²) in [5.41, 5.74) is 3.91. The van der Waals surface area contributed by atoms with Crippen LogP contribution in [-0.2, 0) is 23.9 Å². The first-order valence-corrected chi connectivity index (χ1v) is 17.9. The van der Waals surface area contributed by atoms with Crippen molar-refractivity contribution in [1.82, 2.24) is 0 Å². The van der Waals surface area contributed by atoms with Gasteiger partial charge < -0.3 is 16.1 Å². The molecule has 0 rings (SSSR count). The summed E-state index contributed by atoms with van der Waals surface area (Å²) in [5.74, 6) is -0.219. The van der Waals surface area contributed by atoms with E-state index >= 15 is 0 Å². The van der Waals surface area contributed by atoms with Crippen LogP contribution in [0.5, 0.6) is 0 Å². The van der Waals surface area contributed by atoms with Gasteiger partial charge in [0.2, 0.25) is 0 Å². The first-order valence-electron chi connectivity index (χ1n) is 15.8. The predicted octanol–water partition coefficient (Wildman–Crippen LogP) is 6.62. The van der Waals surface area contributed by atoms with Crippen LogP contribution in [0, 0.1) is 0 Å². The van der Waals surface area contributed by atoms with Crippen LogP contribution in [0.2, 0.25) is 0 Å². The van der Waals surface area contributed by atoms with E-state index in [0.29, 0.717) is 19.4 Å². The molecule has 0 aliphatic heterocycles. The standard InChI is InChI=1S/2C12H22O2S.C12H20O2S.B.Na.H/c1-10(2)6-5-7-12(4,15)8-9-14-11(3)13;2*1-10(2)6-5-7-12(4,8-9-13)15-11(3)14;;;/h6,15H,5,7-9H2,1-4H3;6,13H,5,7-9H2,1-4H3;6,9H,5,7-8H2,1-4H3;;;/q;;;;+1;-1. The summed E-state index contributed by atoms with van der Waals surface area (Å²) in [7, 11) is 0. The molecule has 0 aromatic carbocycles. The maximum atomic E-state index is 11.1. The Bertz CT molecular complexity index is 979. The molecule has 47 heavy (non-hydrogen) atoms. The van der Waals surface area contributed by atoms with Crippen molar-refractivity contribution in [2.75, 3.05) is 13.2 Å². The molecular weight excluding hydrogens is 658 g/mol. The number of aldehydes is 1. The fourth-order valence-electron chi connectivity index (χ4n) is 4.07. The van der Waals surface area contributed by atoms with E-state index in [9.17, 15) is 19.2 Å². The number of allylic oxidation sites excluding steroid dienone is 6. The van der Waals surface area contributed by atoms with Gasteiger partial charge in [-0.05, 0) is 107 Å². The second kappa shape index (κ2) is 31.7. The Morgan fingerprint density at radius 1 is 0.702 bits per heavy atom. The molecule has 3 radical (unpaired) electrons. The van der Waals surface area contributed by atoms with Crippen LogP contribution < -0.4 is 29.6 Å². The minimum atomic E-state index is -0.237. The fraction of sp³-hybridized carbons (Fsp3) is 0.722. The molecule has 0 spiro atoms. The SMILES string of the molecule is CC(=O)OCCC(C)(S)CCC=C(C)C.CC(=O)SC(C)(CC=O)CCC=C(C)C.CC(=O)SC(C)(CCO)CCC=C(C)C.[B].[H-].[Na+]. The number of aliphatic hydroxyl groups is 1. The van der Waals surface area contributed by atoms with E-state index in [-0.39, 0.29) is 76.4 Å². The number of thiol groups is 1. The third-order valence-corrected chi connectivity index (χ3v) is 9.36. The Balaban J connectivity index is -0.000000134. The predicted molar refractivity (Wildman–Crippen MR) is 207 cm³/mol. The van der Waals surface area contributed by atoms with Crippen molar-refractivity contribution in [2.45, 2.75) is 155 Å². The van der Waals surface area contributed by atoms with Gasteiger partial charge in [0.15, 0.2) is 10.2 Å². The van der Waals surface area contributed by atoms with Gasteiger partial charge in [-0.15, -0.1) is 0 Å². The van der Waals surface area contributed by atoms with Crippen molar-refractivity contribution in [3.05, 3.63) is 34.9 Å². The molecule has 0 fully saturated rings. The summed E-state index contributed by atoms with van der Waals surface area (Å²) in [6.45, 7) is 23.7. The minimum Gasteiger partial charge on any atom is -1.00 e. The van der Waals surface area contributed by atoms with Crippen molar-refractivity contribution in [3.63, 3.8) is 0 Å². The zero-order chi connectivity index (χ0) is 35.7. The second-order valence-corrected chi connectivity index (χ2v) is 17.6. The van der Waals surface area contributed by atoms with E-state index in [4.69, 9.17) is 9.84 Å². The normalized spacial score (nSPS) is 13.7. The molecule has 0 amide bonds. The first-order chi connectivity index (χ1) is 20.6. The number of ether oxygens (including phenoxy) is 1. The summed E-state index contributed by atoms with van der Waals surface area (Å²) < 4.78 is 4.49. The number of esters is 1. The summed E-state index contributed by atoms with van der Waals surface area (Å²) >= 11 is 7.20. The number of carbonyl (C=O) groups is 4. The van der Waals surface area contributed by atoms with Crippen molar-refractivity contribution in [2.24, 2.45) is 0 Å². The molecule has 0 aliphatic carbocycles. The van der Waals surface area contributed by atoms with E-state index in [0.717, 1.165) is 51.2 Å². The molecular formula is C36H65BNaO6S3. The van der Waals surface area contributed by atoms with E-state index in [1.54, 1.807) is 13.8 Å². The quantitative estimate of drug-likeness (QED) is 0.0536. The molecule has 0 aliphatic rings. The Morgan fingerprint density at radius 3 is 1.43 bits per heavy atom. The third-order valence-electron chi connectivity index (χ3n) is 6.57. The number of aliphatic hydroxyl groups excluding tert-OH is 1. The van der Waals surface area contributed by atoms with Gasteiger partial charge in [0.25, 0.3) is 0 Å².